The number of nitrogens with zero attached hydrogens (tertiary/aromatic N) is 6. The first-order valence-electron chi connectivity index (χ1n) is 4.97. The third-order valence-electron chi connectivity index (χ3n) is 2.14. The van der Waals surface area contributed by atoms with E-state index in [-0.39, 0.29) is 0 Å². The first kappa shape index (κ1) is 11.6. The van der Waals surface area contributed by atoms with Gasteiger partial charge in [0.1, 0.15) is 0 Å². The predicted molar refractivity (Wildman–Crippen MR) is 54.6 cm³/mol. The molecule has 0 saturated heterocycles. The van der Waals surface area contributed by atoms with Gasteiger partial charge in [-0.2, -0.15) is 10.1 Å². The molecule has 6 nitrogen and oxygen atoms in total. The van der Waals surface area contributed by atoms with Gasteiger partial charge in [0.2, 0.25) is 0 Å². The maximum atomic E-state index is 8.54. The molecule has 0 bridgehead atoms. The van der Waals surface area contributed by atoms with Crippen molar-refractivity contribution in [2.24, 2.45) is 7.05 Å². The lowest BCUT2D eigenvalue weighted by Gasteiger charge is -2.23. The maximum Gasteiger partial charge on any atom is 0.188 e. The Hall–Kier alpha value is -1.48. The summed E-state index contributed by atoms with van der Waals surface area (Å²) in [5.41, 5.74) is 0. The lowest BCUT2D eigenvalue weighted by molar-refractivity contribution is 0.212. The van der Waals surface area contributed by atoms with Crippen LogP contribution in [0, 0.1) is 11.3 Å². The molecule has 0 radical (unpaired) electrons. The van der Waals surface area contributed by atoms with Crippen LogP contribution in [0.4, 0.5) is 0 Å². The zero-order chi connectivity index (χ0) is 11.3. The summed E-state index contributed by atoms with van der Waals surface area (Å²) in [5.74, 6) is 0.698. The van der Waals surface area contributed by atoms with Crippen molar-refractivity contribution in [3.63, 3.8) is 0 Å². The Labute approximate surface area is 89.5 Å². The molecule has 0 aliphatic heterocycles. The van der Waals surface area contributed by atoms with Crippen molar-refractivity contribution in [2.75, 3.05) is 6.54 Å². The van der Waals surface area contributed by atoms with Gasteiger partial charge >= 0.3 is 0 Å². The van der Waals surface area contributed by atoms with Crippen molar-refractivity contribution < 1.29 is 0 Å². The number of aryl methyl sites for hydroxylation is 1. The Balaban J connectivity index is 2.55. The van der Waals surface area contributed by atoms with Gasteiger partial charge in [0.15, 0.2) is 5.82 Å². The first-order chi connectivity index (χ1) is 7.13. The van der Waals surface area contributed by atoms with Crippen molar-refractivity contribution in [1.29, 1.82) is 5.26 Å². The average molecular weight is 208 g/mol. The molecule has 82 valence electrons. The molecule has 1 heterocycles. The molecule has 1 rings (SSSR count). The SMILES string of the molecule is CC(C)N(CCC#N)Cc1nnn(C)n1. The summed E-state index contributed by atoms with van der Waals surface area (Å²) in [7, 11) is 1.74. The highest BCUT2D eigenvalue weighted by molar-refractivity contribution is 4.81. The van der Waals surface area contributed by atoms with Crippen LogP contribution in [0.15, 0.2) is 0 Å². The molecular formula is C9H16N6. The molecule has 0 aliphatic carbocycles. The summed E-state index contributed by atoms with van der Waals surface area (Å²) in [4.78, 5) is 3.60. The van der Waals surface area contributed by atoms with Crippen molar-refractivity contribution in [3.05, 3.63) is 5.82 Å². The topological polar surface area (TPSA) is 70.6 Å². The van der Waals surface area contributed by atoms with E-state index in [1.54, 1.807) is 7.05 Å². The van der Waals surface area contributed by atoms with E-state index in [0.29, 0.717) is 24.8 Å². The monoisotopic (exact) mass is 208 g/mol. The fourth-order valence-electron chi connectivity index (χ4n) is 1.28. The average Bonchev–Trinajstić information content (AvgIpc) is 2.58. The second-order valence-corrected chi connectivity index (χ2v) is 3.67. The molecule has 1 aromatic rings. The van der Waals surface area contributed by atoms with Crippen LogP contribution < -0.4 is 0 Å². The van der Waals surface area contributed by atoms with Gasteiger partial charge in [0.05, 0.1) is 19.7 Å². The summed E-state index contributed by atoms with van der Waals surface area (Å²) in [6.07, 6.45) is 0.526. The molecule has 0 amide bonds. The van der Waals surface area contributed by atoms with Gasteiger partial charge in [0, 0.05) is 19.0 Å². The summed E-state index contributed by atoms with van der Waals surface area (Å²) in [5, 5.41) is 20.4. The highest BCUT2D eigenvalue weighted by atomic mass is 15.6. The van der Waals surface area contributed by atoms with Crippen molar-refractivity contribution in [3.8, 4) is 6.07 Å². The van der Waals surface area contributed by atoms with Crippen LogP contribution in [0.25, 0.3) is 0 Å². The first-order valence-corrected chi connectivity index (χ1v) is 4.97. The molecule has 1 aromatic heterocycles. The van der Waals surface area contributed by atoms with Gasteiger partial charge in [-0.15, -0.1) is 10.2 Å². The Morgan fingerprint density at radius 3 is 2.73 bits per heavy atom. The van der Waals surface area contributed by atoms with Crippen LogP contribution in [0.1, 0.15) is 26.1 Å². The smallest absolute Gasteiger partial charge is 0.188 e. The molecule has 0 atom stereocenters. The number of nitriles is 1. The number of hydrogen-bond donors (Lipinski definition) is 0. The molecule has 0 fully saturated rings. The van der Waals surface area contributed by atoms with Gasteiger partial charge in [-0.3, -0.25) is 4.90 Å². The van der Waals surface area contributed by atoms with Crippen LogP contribution in [-0.4, -0.2) is 37.7 Å². The third-order valence-corrected chi connectivity index (χ3v) is 2.14. The van der Waals surface area contributed by atoms with E-state index < -0.39 is 0 Å². The predicted octanol–water partition coefficient (Wildman–Crippen LogP) is 0.334. The minimum atomic E-state index is 0.377. The minimum Gasteiger partial charge on any atom is -0.292 e. The standard InChI is InChI=1S/C9H16N6/c1-8(2)15(6-4-5-10)7-9-11-13-14(3)12-9/h8H,4,6-7H2,1-3H3. The molecule has 0 N–H and O–H groups in total. The molecular weight excluding hydrogens is 192 g/mol. The lowest BCUT2D eigenvalue weighted by Crippen LogP contribution is -2.31. The van der Waals surface area contributed by atoms with Crippen LogP contribution in [0.5, 0.6) is 0 Å². The summed E-state index contributed by atoms with van der Waals surface area (Å²) >= 11 is 0. The van der Waals surface area contributed by atoms with Crippen LogP contribution >= 0.6 is 0 Å². The van der Waals surface area contributed by atoms with Crippen molar-refractivity contribution in [2.45, 2.75) is 32.9 Å². The zero-order valence-electron chi connectivity index (χ0n) is 9.38. The quantitative estimate of drug-likeness (QED) is 0.697. The maximum absolute atomic E-state index is 8.54. The van der Waals surface area contributed by atoms with Crippen molar-refractivity contribution >= 4 is 0 Å². The number of aromatic nitrogens is 4. The molecule has 0 aliphatic rings. The van der Waals surface area contributed by atoms with Crippen molar-refractivity contribution in [1.82, 2.24) is 25.1 Å². The second-order valence-electron chi connectivity index (χ2n) is 3.67. The molecule has 15 heavy (non-hydrogen) atoms. The van der Waals surface area contributed by atoms with E-state index in [1.165, 1.54) is 4.80 Å². The van der Waals surface area contributed by atoms with E-state index >= 15 is 0 Å². The highest BCUT2D eigenvalue weighted by Crippen LogP contribution is 2.04. The van der Waals surface area contributed by atoms with E-state index in [2.05, 4.69) is 40.2 Å². The molecule has 0 saturated carbocycles. The highest BCUT2D eigenvalue weighted by Gasteiger charge is 2.12. The van der Waals surface area contributed by atoms with Gasteiger partial charge in [-0.1, -0.05) is 0 Å². The Kier molecular flexibility index (Phi) is 4.18. The summed E-state index contributed by atoms with van der Waals surface area (Å²) in [6, 6.07) is 2.52. The van der Waals surface area contributed by atoms with Gasteiger partial charge in [-0.05, 0) is 19.1 Å². The normalized spacial score (nSPS) is 10.9. The Morgan fingerprint density at radius 1 is 1.53 bits per heavy atom. The van der Waals surface area contributed by atoms with Crippen LogP contribution in [-0.2, 0) is 13.6 Å². The minimum absolute atomic E-state index is 0.377. The lowest BCUT2D eigenvalue weighted by atomic mass is 10.3. The van der Waals surface area contributed by atoms with Crippen LogP contribution in [0.2, 0.25) is 0 Å². The van der Waals surface area contributed by atoms with E-state index in [1.807, 2.05) is 0 Å². The molecule has 6 heteroatoms. The molecule has 0 aromatic carbocycles. The third kappa shape index (κ3) is 3.64. The van der Waals surface area contributed by atoms with Gasteiger partial charge in [0.25, 0.3) is 0 Å². The second kappa shape index (κ2) is 5.41. The number of hydrogen-bond acceptors (Lipinski definition) is 5. The van der Waals surface area contributed by atoms with E-state index in [4.69, 9.17) is 5.26 Å². The van der Waals surface area contributed by atoms with E-state index in [9.17, 15) is 0 Å². The zero-order valence-corrected chi connectivity index (χ0v) is 9.38. The largest absolute Gasteiger partial charge is 0.292 e. The Bertz CT molecular complexity index is 337. The molecule has 0 unspecified atom stereocenters. The fourth-order valence-corrected chi connectivity index (χ4v) is 1.28. The van der Waals surface area contributed by atoms with Gasteiger partial charge in [-0.25, -0.2) is 0 Å². The number of tetrazole rings is 1. The van der Waals surface area contributed by atoms with Gasteiger partial charge < -0.3 is 0 Å². The van der Waals surface area contributed by atoms with Crippen LogP contribution in [0.3, 0.4) is 0 Å². The number of rotatable bonds is 5. The van der Waals surface area contributed by atoms with E-state index in [0.717, 1.165) is 6.54 Å². The Morgan fingerprint density at radius 2 is 2.27 bits per heavy atom. The molecule has 0 spiro atoms. The summed E-state index contributed by atoms with van der Waals surface area (Å²) in [6.45, 7) is 5.57. The summed E-state index contributed by atoms with van der Waals surface area (Å²) < 4.78 is 0. The fraction of sp³-hybridized carbons (Fsp3) is 0.778.